The fourth-order valence-electron chi connectivity index (χ4n) is 1.28. The molecule has 0 aliphatic rings. The molecule has 1 aromatic heterocycles. The largest absolute Gasteiger partial charge is 0.480 e. The van der Waals surface area contributed by atoms with E-state index in [2.05, 4.69) is 4.98 Å². The highest BCUT2D eigenvalue weighted by molar-refractivity contribution is 5.73. The lowest BCUT2D eigenvalue weighted by Gasteiger charge is -2.09. The van der Waals surface area contributed by atoms with Crippen LogP contribution in [0.15, 0.2) is 0 Å². The molecule has 1 aromatic rings. The Morgan fingerprint density at radius 2 is 2.27 bits per heavy atom. The van der Waals surface area contributed by atoms with E-state index >= 15 is 0 Å². The van der Waals surface area contributed by atoms with E-state index in [4.69, 9.17) is 10.8 Å². The van der Waals surface area contributed by atoms with E-state index in [0.29, 0.717) is 0 Å². The summed E-state index contributed by atoms with van der Waals surface area (Å²) in [5.74, 6) is -1.68. The number of carbonyl (C=O) groups is 1. The van der Waals surface area contributed by atoms with Crippen molar-refractivity contribution in [1.82, 2.24) is 9.55 Å². The summed E-state index contributed by atoms with van der Waals surface area (Å²) in [6, 6.07) is -0.980. The number of carboxylic acid groups (broad SMARTS) is 1. The number of aliphatic carboxylic acids is 1. The number of carboxylic acids is 1. The molecule has 0 aromatic carbocycles. The Labute approximate surface area is 84.5 Å². The van der Waals surface area contributed by atoms with Crippen molar-refractivity contribution >= 4 is 17.6 Å². The van der Waals surface area contributed by atoms with Gasteiger partial charge in [-0.25, -0.2) is 4.79 Å². The summed E-state index contributed by atoms with van der Waals surface area (Å²) in [7, 11) is 0. The van der Waals surface area contributed by atoms with Crippen LogP contribution in [0.1, 0.15) is 18.8 Å². The van der Waals surface area contributed by atoms with E-state index in [1.165, 1.54) is 13.8 Å². The van der Waals surface area contributed by atoms with Crippen LogP contribution in [0.2, 0.25) is 0 Å². The first-order valence-corrected chi connectivity index (χ1v) is 4.07. The maximum absolute atomic E-state index is 10.7. The number of nitrogens with zero attached hydrogens (tertiary/aromatic N) is 3. The smallest absolute Gasteiger partial charge is 0.406 e. The molecule has 8 nitrogen and oxygen atoms in total. The fourth-order valence-corrected chi connectivity index (χ4v) is 1.28. The van der Waals surface area contributed by atoms with E-state index in [0.717, 1.165) is 4.57 Å². The van der Waals surface area contributed by atoms with Crippen molar-refractivity contribution in [1.29, 1.82) is 0 Å². The molecule has 0 aliphatic heterocycles. The molecular formula is C7H10N4O4. The molecule has 0 amide bonds. The Hall–Kier alpha value is -2.12. The molecule has 1 heterocycles. The van der Waals surface area contributed by atoms with Crippen LogP contribution in [-0.2, 0) is 4.79 Å². The predicted molar refractivity (Wildman–Crippen MR) is 50.4 cm³/mol. The second-order valence-electron chi connectivity index (χ2n) is 3.01. The van der Waals surface area contributed by atoms with Crippen LogP contribution in [0.4, 0.5) is 11.6 Å². The number of nitro groups is 1. The topological polar surface area (TPSA) is 124 Å². The zero-order chi connectivity index (χ0) is 11.7. The van der Waals surface area contributed by atoms with Crippen LogP contribution in [0.25, 0.3) is 0 Å². The minimum absolute atomic E-state index is 0.203. The molecule has 8 heteroatoms. The van der Waals surface area contributed by atoms with Crippen LogP contribution in [0.3, 0.4) is 0 Å². The Kier molecular flexibility index (Phi) is 2.60. The van der Waals surface area contributed by atoms with Gasteiger partial charge in [-0.15, -0.1) is 0 Å². The number of rotatable bonds is 3. The van der Waals surface area contributed by atoms with E-state index < -0.39 is 22.8 Å². The number of aromatic nitrogens is 2. The van der Waals surface area contributed by atoms with Gasteiger partial charge in [-0.05, 0) is 16.8 Å². The fraction of sp³-hybridized carbons (Fsp3) is 0.429. The monoisotopic (exact) mass is 214 g/mol. The highest BCUT2D eigenvalue weighted by atomic mass is 16.6. The highest BCUT2D eigenvalue weighted by Gasteiger charge is 2.28. The van der Waals surface area contributed by atoms with Gasteiger partial charge in [-0.2, -0.15) is 0 Å². The van der Waals surface area contributed by atoms with Gasteiger partial charge in [0.1, 0.15) is 6.04 Å². The first-order valence-electron chi connectivity index (χ1n) is 4.07. The molecule has 0 fully saturated rings. The minimum atomic E-state index is -1.13. The second-order valence-corrected chi connectivity index (χ2v) is 3.01. The van der Waals surface area contributed by atoms with Crippen molar-refractivity contribution in [2.24, 2.45) is 0 Å². The van der Waals surface area contributed by atoms with Crippen LogP contribution >= 0.6 is 0 Å². The van der Waals surface area contributed by atoms with E-state index in [1.54, 1.807) is 0 Å². The molecule has 15 heavy (non-hydrogen) atoms. The molecule has 0 radical (unpaired) electrons. The summed E-state index contributed by atoms with van der Waals surface area (Å²) < 4.78 is 1.11. The number of nitrogens with two attached hydrogens (primary N) is 1. The number of imidazole rings is 1. The summed E-state index contributed by atoms with van der Waals surface area (Å²) in [5, 5.41) is 19.2. The van der Waals surface area contributed by atoms with Crippen LogP contribution < -0.4 is 5.73 Å². The van der Waals surface area contributed by atoms with Crippen LogP contribution in [-0.4, -0.2) is 25.6 Å². The number of anilines is 1. The van der Waals surface area contributed by atoms with Crippen molar-refractivity contribution in [3.05, 3.63) is 15.9 Å². The van der Waals surface area contributed by atoms with Crippen molar-refractivity contribution in [2.75, 3.05) is 5.73 Å². The predicted octanol–water partition coefficient (Wildman–Crippen LogP) is 0.328. The molecule has 0 aliphatic carbocycles. The van der Waals surface area contributed by atoms with Gasteiger partial charge in [0.05, 0.1) is 0 Å². The average molecular weight is 214 g/mol. The van der Waals surface area contributed by atoms with Gasteiger partial charge in [0, 0.05) is 6.92 Å². The van der Waals surface area contributed by atoms with Gasteiger partial charge in [0.25, 0.3) is 0 Å². The lowest BCUT2D eigenvalue weighted by atomic mass is 10.3. The first-order chi connectivity index (χ1) is 6.86. The van der Waals surface area contributed by atoms with Crippen LogP contribution in [0, 0.1) is 17.0 Å². The Morgan fingerprint density at radius 1 is 1.73 bits per heavy atom. The van der Waals surface area contributed by atoms with E-state index in [9.17, 15) is 14.9 Å². The Balaban J connectivity index is 3.31. The number of nitrogen functional groups attached to an aromatic ring is 1. The molecule has 82 valence electrons. The third-order valence-electron chi connectivity index (χ3n) is 2.02. The maximum Gasteiger partial charge on any atom is 0.406 e. The van der Waals surface area contributed by atoms with Gasteiger partial charge in [-0.1, -0.05) is 0 Å². The van der Waals surface area contributed by atoms with Gasteiger partial charge < -0.3 is 21.0 Å². The summed E-state index contributed by atoms with van der Waals surface area (Å²) in [4.78, 5) is 24.0. The van der Waals surface area contributed by atoms with Gasteiger partial charge in [-0.3, -0.25) is 4.57 Å². The second kappa shape index (κ2) is 3.56. The zero-order valence-electron chi connectivity index (χ0n) is 8.17. The molecule has 1 unspecified atom stereocenters. The molecular weight excluding hydrogens is 204 g/mol. The zero-order valence-corrected chi connectivity index (χ0v) is 8.17. The average Bonchev–Trinajstić information content (AvgIpc) is 2.41. The number of aryl methyl sites for hydroxylation is 1. The van der Waals surface area contributed by atoms with Crippen LogP contribution in [0.5, 0.6) is 0 Å². The first kappa shape index (κ1) is 11.0. The molecule has 0 spiro atoms. The van der Waals surface area contributed by atoms with Gasteiger partial charge in [0.2, 0.25) is 11.6 Å². The Bertz CT molecular complexity index is 425. The Morgan fingerprint density at radius 3 is 2.60 bits per heavy atom. The summed E-state index contributed by atoms with van der Waals surface area (Å²) >= 11 is 0. The highest BCUT2D eigenvalue weighted by Crippen LogP contribution is 2.25. The lowest BCUT2D eigenvalue weighted by Crippen LogP contribution is -2.18. The minimum Gasteiger partial charge on any atom is -0.480 e. The van der Waals surface area contributed by atoms with Gasteiger partial charge >= 0.3 is 11.8 Å². The van der Waals surface area contributed by atoms with Crippen molar-refractivity contribution < 1.29 is 14.8 Å². The summed E-state index contributed by atoms with van der Waals surface area (Å²) in [6.45, 7) is 2.83. The van der Waals surface area contributed by atoms with Crippen molar-refractivity contribution in [2.45, 2.75) is 19.9 Å². The lowest BCUT2D eigenvalue weighted by molar-refractivity contribution is -0.388. The third kappa shape index (κ3) is 1.73. The van der Waals surface area contributed by atoms with Crippen molar-refractivity contribution in [3.63, 3.8) is 0 Å². The number of hydrogen-bond donors (Lipinski definition) is 2. The quantitative estimate of drug-likeness (QED) is 0.551. The van der Waals surface area contributed by atoms with E-state index in [1.807, 2.05) is 0 Å². The molecule has 0 saturated heterocycles. The summed E-state index contributed by atoms with van der Waals surface area (Å²) in [6.07, 6.45) is 0. The molecule has 1 rings (SSSR count). The molecule has 1 atom stereocenters. The summed E-state index contributed by atoms with van der Waals surface area (Å²) in [5.41, 5.74) is 5.44. The normalized spacial score (nSPS) is 12.4. The molecule has 0 bridgehead atoms. The van der Waals surface area contributed by atoms with Crippen molar-refractivity contribution in [3.8, 4) is 0 Å². The third-order valence-corrected chi connectivity index (χ3v) is 2.02. The van der Waals surface area contributed by atoms with Gasteiger partial charge in [0.15, 0.2) is 0 Å². The molecule has 3 N–H and O–H groups in total. The molecule has 0 saturated carbocycles. The number of hydrogen-bond acceptors (Lipinski definition) is 5. The SMILES string of the molecule is Cc1nc([N+](=O)[O-])c(N)n1C(C)C(=O)O. The standard InChI is InChI=1S/C7H10N4O4/c1-3(7(12)13)10-4(2)9-6(5(10)8)11(14)15/h3H,8H2,1-2H3,(H,12,13). The van der Waals surface area contributed by atoms with E-state index in [-0.39, 0.29) is 11.6 Å². The maximum atomic E-state index is 10.7.